The van der Waals surface area contributed by atoms with Gasteiger partial charge < -0.3 is 15.4 Å². The Bertz CT molecular complexity index is 879. The fraction of sp³-hybridized carbons (Fsp3) is 0.667. The summed E-state index contributed by atoms with van der Waals surface area (Å²) in [7, 11) is 0. The number of morpholine rings is 1. The van der Waals surface area contributed by atoms with E-state index in [1.807, 2.05) is 12.1 Å². The first-order valence-electron chi connectivity index (χ1n) is 11.7. The van der Waals surface area contributed by atoms with Crippen LogP contribution in [0, 0.1) is 23.1 Å². The third-order valence-electron chi connectivity index (χ3n) is 7.70. The van der Waals surface area contributed by atoms with Gasteiger partial charge in [0.2, 0.25) is 5.91 Å². The molecule has 4 aliphatic rings. The van der Waals surface area contributed by atoms with Gasteiger partial charge in [-0.1, -0.05) is 12.1 Å². The van der Waals surface area contributed by atoms with Gasteiger partial charge in [0.05, 0.1) is 25.3 Å². The number of nitrogens with one attached hydrogen (secondary N) is 2. The summed E-state index contributed by atoms with van der Waals surface area (Å²) >= 11 is 0. The number of carbonyl (C=O) groups is 1. The van der Waals surface area contributed by atoms with Crippen molar-refractivity contribution in [1.29, 1.82) is 5.26 Å². The summed E-state index contributed by atoms with van der Waals surface area (Å²) in [6.45, 7) is 3.44. The largest absolute Gasteiger partial charge is 0.379 e. The van der Waals surface area contributed by atoms with Gasteiger partial charge in [-0.3, -0.25) is 9.69 Å². The molecule has 31 heavy (non-hydrogen) atoms. The van der Waals surface area contributed by atoms with Crippen LogP contribution < -0.4 is 10.6 Å². The van der Waals surface area contributed by atoms with Gasteiger partial charge >= 0.3 is 0 Å². The van der Waals surface area contributed by atoms with E-state index in [0.29, 0.717) is 23.6 Å². The summed E-state index contributed by atoms with van der Waals surface area (Å²) in [6.07, 6.45) is 5.97. The molecule has 1 aromatic carbocycles. The fourth-order valence-electron chi connectivity index (χ4n) is 6.01. The molecule has 2 heterocycles. The third-order valence-corrected chi connectivity index (χ3v) is 7.70. The van der Waals surface area contributed by atoms with E-state index in [-0.39, 0.29) is 24.2 Å². The molecule has 0 radical (unpaired) electrons. The molecular formula is C24H31FN4O2. The minimum Gasteiger partial charge on any atom is -0.379 e. The summed E-state index contributed by atoms with van der Waals surface area (Å²) in [4.78, 5) is 15.1. The Morgan fingerprint density at radius 1 is 1.32 bits per heavy atom. The van der Waals surface area contributed by atoms with Crippen LogP contribution in [0.3, 0.4) is 0 Å². The lowest BCUT2D eigenvalue weighted by Crippen LogP contribution is -2.50. The lowest BCUT2D eigenvalue weighted by atomic mass is 9.85. The van der Waals surface area contributed by atoms with Crippen molar-refractivity contribution in [2.24, 2.45) is 5.92 Å². The monoisotopic (exact) mass is 426 g/mol. The lowest BCUT2D eigenvalue weighted by molar-refractivity contribution is -0.124. The molecule has 1 amide bonds. The van der Waals surface area contributed by atoms with Crippen molar-refractivity contribution in [3.8, 4) is 6.07 Å². The highest BCUT2D eigenvalue weighted by atomic mass is 19.1. The van der Waals surface area contributed by atoms with E-state index in [0.717, 1.165) is 76.0 Å². The highest BCUT2D eigenvalue weighted by Gasteiger charge is 2.43. The highest BCUT2D eigenvalue weighted by Crippen LogP contribution is 2.35. The van der Waals surface area contributed by atoms with E-state index in [1.54, 1.807) is 0 Å². The second-order valence-electron chi connectivity index (χ2n) is 9.53. The highest BCUT2D eigenvalue weighted by molar-refractivity contribution is 5.83. The van der Waals surface area contributed by atoms with Crippen LogP contribution in [-0.2, 0) is 28.8 Å². The van der Waals surface area contributed by atoms with Crippen LogP contribution >= 0.6 is 0 Å². The van der Waals surface area contributed by atoms with Crippen LogP contribution in [-0.4, -0.2) is 61.3 Å². The van der Waals surface area contributed by atoms with E-state index in [1.165, 1.54) is 0 Å². The molecule has 3 fully saturated rings. The Morgan fingerprint density at radius 3 is 2.87 bits per heavy atom. The zero-order chi connectivity index (χ0) is 21.4. The molecule has 166 valence electrons. The number of hydrogen-bond acceptors (Lipinski definition) is 5. The van der Waals surface area contributed by atoms with E-state index in [9.17, 15) is 10.1 Å². The number of fused-ring (bicyclic) bond motifs is 3. The number of halogens is 1. The number of rotatable bonds is 5. The van der Waals surface area contributed by atoms with Gasteiger partial charge in [-0.05, 0) is 61.1 Å². The van der Waals surface area contributed by atoms with Crippen LogP contribution in [0.5, 0.6) is 0 Å². The third kappa shape index (κ3) is 4.21. The molecule has 5 atom stereocenters. The molecule has 5 rings (SSSR count). The Labute approximate surface area is 183 Å². The van der Waals surface area contributed by atoms with Crippen molar-refractivity contribution in [3.05, 3.63) is 34.6 Å². The topological polar surface area (TPSA) is 77.4 Å². The maximum Gasteiger partial charge on any atom is 0.238 e. The van der Waals surface area contributed by atoms with Gasteiger partial charge in [0.1, 0.15) is 11.9 Å². The lowest BCUT2D eigenvalue weighted by Gasteiger charge is -2.37. The predicted octanol–water partition coefficient (Wildman–Crippen LogP) is 1.71. The van der Waals surface area contributed by atoms with E-state index < -0.39 is 6.04 Å². The molecule has 6 nitrogen and oxygen atoms in total. The molecule has 7 heteroatoms. The molecule has 1 saturated carbocycles. The molecule has 3 unspecified atom stereocenters. The number of piperidine rings is 1. The molecule has 0 spiro atoms. The number of benzene rings is 1. The average Bonchev–Trinajstić information content (AvgIpc) is 3.44. The van der Waals surface area contributed by atoms with Gasteiger partial charge in [0.15, 0.2) is 0 Å². The molecule has 1 aromatic rings. The number of hydrogen-bond donors (Lipinski definition) is 2. The summed E-state index contributed by atoms with van der Waals surface area (Å²) < 4.78 is 20.8. The standard InChI is InChI=1S/C24H31FN4O2/c25-22-16(11-19(14-26)28-24(30)23-17-3-4-18(12-17)27-23)2-1-15-13-20(5-6-21(15)22)29-7-9-31-10-8-29/h1-2,17-20,23,27H,3-13H2,(H,28,30)/t17?,18?,19-,20?,23-/m0/s1. The maximum atomic E-state index is 15.3. The van der Waals surface area contributed by atoms with Crippen molar-refractivity contribution in [2.45, 2.75) is 69.1 Å². The predicted molar refractivity (Wildman–Crippen MR) is 114 cm³/mol. The van der Waals surface area contributed by atoms with Crippen molar-refractivity contribution < 1.29 is 13.9 Å². The van der Waals surface area contributed by atoms with Crippen LogP contribution in [0.25, 0.3) is 0 Å². The van der Waals surface area contributed by atoms with E-state index in [2.05, 4.69) is 21.6 Å². The molecule has 2 N–H and O–H groups in total. The molecule has 0 aromatic heterocycles. The molecule has 2 bridgehead atoms. The van der Waals surface area contributed by atoms with Crippen LogP contribution in [0.4, 0.5) is 4.39 Å². The fourth-order valence-corrected chi connectivity index (χ4v) is 6.01. The number of amides is 1. The van der Waals surface area contributed by atoms with Crippen molar-refractivity contribution >= 4 is 5.91 Å². The second kappa shape index (κ2) is 8.85. The van der Waals surface area contributed by atoms with Crippen LogP contribution in [0.2, 0.25) is 0 Å². The molecule has 2 aliphatic carbocycles. The summed E-state index contributed by atoms with van der Waals surface area (Å²) in [5.41, 5.74) is 2.39. The summed E-state index contributed by atoms with van der Waals surface area (Å²) in [6, 6.07) is 5.94. The van der Waals surface area contributed by atoms with Crippen molar-refractivity contribution in [2.75, 3.05) is 26.3 Å². The van der Waals surface area contributed by atoms with Gasteiger partial charge in [0, 0.05) is 31.6 Å². The van der Waals surface area contributed by atoms with Gasteiger partial charge in [-0.2, -0.15) is 5.26 Å². The number of carbonyl (C=O) groups excluding carboxylic acids is 1. The first kappa shape index (κ1) is 20.9. The number of nitrogens with zero attached hydrogens (tertiary/aromatic N) is 2. The van der Waals surface area contributed by atoms with Crippen LogP contribution in [0.15, 0.2) is 12.1 Å². The van der Waals surface area contributed by atoms with Gasteiger partial charge in [-0.25, -0.2) is 4.39 Å². The Hall–Kier alpha value is -2.01. The SMILES string of the molecule is N#C[C@H](Cc1ccc2c(c1F)CCC(N1CCOCC1)C2)NC(=O)[C@H]1NC2CCC1C2. The minimum atomic E-state index is -0.717. The Balaban J connectivity index is 1.23. The van der Waals surface area contributed by atoms with E-state index >= 15 is 4.39 Å². The normalized spacial score (nSPS) is 31.1. The van der Waals surface area contributed by atoms with E-state index in [4.69, 9.17) is 4.74 Å². The Kier molecular flexibility index (Phi) is 5.96. The maximum absolute atomic E-state index is 15.3. The minimum absolute atomic E-state index is 0.120. The molecular weight excluding hydrogens is 395 g/mol. The quantitative estimate of drug-likeness (QED) is 0.750. The van der Waals surface area contributed by atoms with Crippen molar-refractivity contribution in [1.82, 2.24) is 15.5 Å². The number of nitriles is 1. The zero-order valence-corrected chi connectivity index (χ0v) is 17.9. The smallest absolute Gasteiger partial charge is 0.238 e. The first-order chi connectivity index (χ1) is 15.1. The zero-order valence-electron chi connectivity index (χ0n) is 17.9. The van der Waals surface area contributed by atoms with Gasteiger partial charge in [0.25, 0.3) is 0 Å². The Morgan fingerprint density at radius 2 is 2.16 bits per heavy atom. The summed E-state index contributed by atoms with van der Waals surface area (Å²) in [5, 5.41) is 15.8. The van der Waals surface area contributed by atoms with Crippen LogP contribution in [0.1, 0.15) is 42.4 Å². The van der Waals surface area contributed by atoms with Crippen molar-refractivity contribution in [3.63, 3.8) is 0 Å². The second-order valence-corrected chi connectivity index (χ2v) is 9.53. The molecule has 2 saturated heterocycles. The first-order valence-corrected chi connectivity index (χ1v) is 11.7. The number of ether oxygens (including phenoxy) is 1. The van der Waals surface area contributed by atoms with Gasteiger partial charge in [-0.15, -0.1) is 0 Å². The molecule has 2 aliphatic heterocycles. The average molecular weight is 427 g/mol. The summed E-state index contributed by atoms with van der Waals surface area (Å²) in [5.74, 6) is 0.0557.